The van der Waals surface area contributed by atoms with Crippen molar-refractivity contribution in [2.75, 3.05) is 24.7 Å². The summed E-state index contributed by atoms with van der Waals surface area (Å²) >= 11 is 0. The minimum absolute atomic E-state index is 0.00354. The number of piperidine rings is 1. The molecule has 2 aromatic rings. The Hall–Kier alpha value is -3.61. The molecule has 2 aliphatic rings. The van der Waals surface area contributed by atoms with E-state index in [1.165, 1.54) is 11.4 Å². The van der Waals surface area contributed by atoms with Crippen LogP contribution < -0.4 is 15.2 Å². The van der Waals surface area contributed by atoms with E-state index < -0.39 is 11.8 Å². The molecule has 0 aliphatic carbocycles. The number of anilines is 1. The van der Waals surface area contributed by atoms with E-state index in [-0.39, 0.29) is 18.1 Å². The third kappa shape index (κ3) is 4.82. The number of likely N-dealkylation sites (tertiary alicyclic amines) is 1. The average molecular weight is 434 g/mol. The fraction of sp³-hybridized carbons (Fsp3) is 0.320. The normalized spacial score (nSPS) is 17.6. The molecule has 0 aromatic heterocycles. The number of carbonyl (C=O) groups excluding carboxylic acids is 3. The minimum Gasteiger partial charge on any atom is -0.484 e. The molecule has 166 valence electrons. The summed E-state index contributed by atoms with van der Waals surface area (Å²) in [4.78, 5) is 39.2. The lowest BCUT2D eigenvalue weighted by molar-refractivity contribution is -0.134. The molecule has 2 aliphatic heterocycles. The Labute approximate surface area is 187 Å². The third-order valence-corrected chi connectivity index (χ3v) is 5.76. The fourth-order valence-corrected chi connectivity index (χ4v) is 3.83. The van der Waals surface area contributed by atoms with Crippen molar-refractivity contribution >= 4 is 29.5 Å². The highest BCUT2D eigenvalue weighted by molar-refractivity contribution is 6.31. The molecular weight excluding hydrogens is 406 g/mol. The van der Waals surface area contributed by atoms with E-state index in [2.05, 4.69) is 12.3 Å². The summed E-state index contributed by atoms with van der Waals surface area (Å²) in [7, 11) is 0. The van der Waals surface area contributed by atoms with Gasteiger partial charge in [-0.1, -0.05) is 31.2 Å². The van der Waals surface area contributed by atoms with Gasteiger partial charge in [-0.05, 0) is 67.2 Å². The summed E-state index contributed by atoms with van der Waals surface area (Å²) < 4.78 is 5.62. The first-order valence-electron chi connectivity index (χ1n) is 11.0. The summed E-state index contributed by atoms with van der Waals surface area (Å²) in [5.41, 5.74) is 5.15. The van der Waals surface area contributed by atoms with Crippen LogP contribution in [0.1, 0.15) is 37.3 Å². The summed E-state index contributed by atoms with van der Waals surface area (Å²) in [6.07, 6.45) is 5.72. The van der Waals surface area contributed by atoms with Crippen molar-refractivity contribution in [1.82, 2.24) is 10.3 Å². The maximum atomic E-state index is 12.8. The summed E-state index contributed by atoms with van der Waals surface area (Å²) in [5, 5.41) is 1.26. The highest BCUT2D eigenvalue weighted by atomic mass is 16.5. The van der Waals surface area contributed by atoms with Gasteiger partial charge >= 0.3 is 0 Å². The van der Waals surface area contributed by atoms with Gasteiger partial charge in [0, 0.05) is 13.1 Å². The molecule has 0 bridgehead atoms. The lowest BCUT2D eigenvalue weighted by atomic mass is 10.1. The monoisotopic (exact) mass is 433 g/mol. The number of hydrogen-bond donors (Lipinski definition) is 1. The molecule has 3 amide bonds. The topological polar surface area (TPSA) is 79.0 Å². The van der Waals surface area contributed by atoms with E-state index >= 15 is 0 Å². The van der Waals surface area contributed by atoms with Crippen molar-refractivity contribution in [1.29, 1.82) is 0 Å². The summed E-state index contributed by atoms with van der Waals surface area (Å²) in [6.45, 7) is 3.66. The first kappa shape index (κ1) is 21.6. The van der Waals surface area contributed by atoms with Gasteiger partial charge in [-0.15, -0.1) is 0 Å². The summed E-state index contributed by atoms with van der Waals surface area (Å²) in [5.74, 6) is -0.276. The Balaban J connectivity index is 1.39. The molecule has 2 saturated heterocycles. The number of ether oxygens (including phenoxy) is 1. The van der Waals surface area contributed by atoms with Gasteiger partial charge in [-0.3, -0.25) is 19.8 Å². The van der Waals surface area contributed by atoms with Crippen LogP contribution in [-0.4, -0.2) is 42.3 Å². The van der Waals surface area contributed by atoms with Gasteiger partial charge < -0.3 is 9.64 Å². The lowest BCUT2D eigenvalue weighted by Crippen LogP contribution is -2.38. The van der Waals surface area contributed by atoms with Crippen LogP contribution in [0.5, 0.6) is 5.75 Å². The first-order valence-corrected chi connectivity index (χ1v) is 11.0. The van der Waals surface area contributed by atoms with E-state index in [0.29, 0.717) is 17.0 Å². The smallest absolute Gasteiger partial charge is 0.282 e. The Kier molecular flexibility index (Phi) is 6.54. The van der Waals surface area contributed by atoms with Crippen LogP contribution in [0.25, 0.3) is 6.08 Å². The van der Waals surface area contributed by atoms with Gasteiger partial charge in [0.05, 0.1) is 5.69 Å². The molecule has 2 aromatic carbocycles. The van der Waals surface area contributed by atoms with Gasteiger partial charge in [0.1, 0.15) is 11.3 Å². The largest absolute Gasteiger partial charge is 0.484 e. The standard InChI is InChI=1S/C25H27N3O4/c1-2-18-6-10-20(11-7-18)28-25(31)22(24(30)26-28)16-19-8-12-21(13-9-19)32-17-23(29)27-14-4-3-5-15-27/h6-13,16H,2-5,14-15,17H2,1H3,(H,26,30). The predicted molar refractivity (Wildman–Crippen MR) is 122 cm³/mol. The first-order chi connectivity index (χ1) is 15.5. The van der Waals surface area contributed by atoms with E-state index in [1.807, 2.05) is 29.2 Å². The number of rotatable bonds is 6. The summed E-state index contributed by atoms with van der Waals surface area (Å²) in [6, 6.07) is 14.5. The second-order valence-electron chi connectivity index (χ2n) is 7.96. The molecule has 0 saturated carbocycles. The highest BCUT2D eigenvalue weighted by Crippen LogP contribution is 2.23. The van der Waals surface area contributed by atoms with Crippen molar-refractivity contribution in [3.63, 3.8) is 0 Å². The van der Waals surface area contributed by atoms with Crippen molar-refractivity contribution in [3.8, 4) is 5.75 Å². The molecule has 2 heterocycles. The molecule has 7 nitrogen and oxygen atoms in total. The molecule has 32 heavy (non-hydrogen) atoms. The molecule has 4 rings (SSSR count). The van der Waals surface area contributed by atoms with E-state index in [1.54, 1.807) is 30.3 Å². The van der Waals surface area contributed by atoms with E-state index in [9.17, 15) is 14.4 Å². The third-order valence-electron chi connectivity index (χ3n) is 5.76. The maximum absolute atomic E-state index is 12.8. The zero-order chi connectivity index (χ0) is 22.5. The number of nitrogens with zero attached hydrogens (tertiary/aromatic N) is 2. The zero-order valence-electron chi connectivity index (χ0n) is 18.2. The minimum atomic E-state index is -0.443. The van der Waals surface area contributed by atoms with Crippen LogP contribution in [0.2, 0.25) is 0 Å². The van der Waals surface area contributed by atoms with Crippen LogP contribution >= 0.6 is 0 Å². The Morgan fingerprint density at radius 2 is 1.69 bits per heavy atom. The number of hydrazine groups is 1. The Bertz CT molecular complexity index is 1020. The molecule has 2 fully saturated rings. The van der Waals surface area contributed by atoms with E-state index in [4.69, 9.17) is 4.74 Å². The van der Waals surface area contributed by atoms with Crippen molar-refractivity contribution in [2.24, 2.45) is 0 Å². The average Bonchev–Trinajstić information content (AvgIpc) is 3.12. The Morgan fingerprint density at radius 3 is 2.34 bits per heavy atom. The number of benzene rings is 2. The fourth-order valence-electron chi connectivity index (χ4n) is 3.83. The van der Waals surface area contributed by atoms with Crippen molar-refractivity contribution in [2.45, 2.75) is 32.6 Å². The zero-order valence-corrected chi connectivity index (χ0v) is 18.2. The second-order valence-corrected chi connectivity index (χ2v) is 7.96. The van der Waals surface area contributed by atoms with Gasteiger partial charge in [0.15, 0.2) is 6.61 Å². The van der Waals surface area contributed by atoms with Crippen LogP contribution in [0.3, 0.4) is 0 Å². The van der Waals surface area contributed by atoms with Crippen LogP contribution in [-0.2, 0) is 20.8 Å². The predicted octanol–water partition coefficient (Wildman–Crippen LogP) is 3.10. The van der Waals surface area contributed by atoms with Gasteiger partial charge in [0.2, 0.25) is 0 Å². The van der Waals surface area contributed by atoms with E-state index in [0.717, 1.165) is 37.9 Å². The molecule has 1 N–H and O–H groups in total. The van der Waals surface area contributed by atoms with Crippen molar-refractivity contribution < 1.29 is 19.1 Å². The molecule has 7 heteroatoms. The SMILES string of the molecule is CCc1ccc(N2NC(=O)C(=Cc3ccc(OCC(=O)N4CCCCC4)cc3)C2=O)cc1. The van der Waals surface area contributed by atoms with Crippen LogP contribution in [0.15, 0.2) is 54.1 Å². The Morgan fingerprint density at radius 1 is 1.00 bits per heavy atom. The number of hydrogen-bond acceptors (Lipinski definition) is 4. The number of amides is 3. The van der Waals surface area contributed by atoms with Gasteiger partial charge in [-0.2, -0.15) is 0 Å². The quantitative estimate of drug-likeness (QED) is 0.561. The van der Waals surface area contributed by atoms with Crippen LogP contribution in [0, 0.1) is 0 Å². The number of carbonyl (C=O) groups is 3. The highest BCUT2D eigenvalue weighted by Gasteiger charge is 2.34. The molecule has 0 atom stereocenters. The van der Waals surface area contributed by atoms with Gasteiger partial charge in [-0.25, -0.2) is 5.01 Å². The number of aryl methyl sites for hydroxylation is 1. The molecule has 0 spiro atoms. The van der Waals surface area contributed by atoms with Gasteiger partial charge in [0.25, 0.3) is 17.7 Å². The lowest BCUT2D eigenvalue weighted by Gasteiger charge is -2.26. The maximum Gasteiger partial charge on any atom is 0.282 e. The van der Waals surface area contributed by atoms with Crippen LogP contribution in [0.4, 0.5) is 5.69 Å². The number of nitrogens with one attached hydrogen (secondary N) is 1. The van der Waals surface area contributed by atoms with Crippen molar-refractivity contribution in [3.05, 3.63) is 65.2 Å². The second kappa shape index (κ2) is 9.68. The molecule has 0 unspecified atom stereocenters. The molecular formula is C25H27N3O4. The molecule has 0 radical (unpaired) electrons.